The van der Waals surface area contributed by atoms with Crippen LogP contribution in [0.4, 0.5) is 0 Å². The maximum Gasteiger partial charge on any atom is 0.141 e. The molecule has 0 saturated carbocycles. The molecule has 5 heteroatoms. The van der Waals surface area contributed by atoms with Crippen LogP contribution in [-0.4, -0.2) is 16.7 Å². The maximum absolute atomic E-state index is 5.28. The lowest BCUT2D eigenvalue weighted by Gasteiger charge is -2.18. The number of ether oxygens (including phenoxy) is 1. The lowest BCUT2D eigenvalue weighted by atomic mass is 10.0. The fourth-order valence-corrected chi connectivity index (χ4v) is 3.48. The first kappa shape index (κ1) is 17.5. The number of methoxy groups -OCH3 is 1. The van der Waals surface area contributed by atoms with Crippen molar-refractivity contribution in [1.29, 1.82) is 0 Å². The molecule has 1 N–H and O–H groups in total. The summed E-state index contributed by atoms with van der Waals surface area (Å²) in [5, 5.41) is 3.69. The van der Waals surface area contributed by atoms with E-state index in [1.54, 1.807) is 7.11 Å². The van der Waals surface area contributed by atoms with E-state index in [9.17, 15) is 0 Å². The Morgan fingerprint density at radius 2 is 1.92 bits per heavy atom. The molecule has 0 fully saturated rings. The average molecular weight is 356 g/mol. The van der Waals surface area contributed by atoms with Gasteiger partial charge in [0.1, 0.15) is 11.6 Å². The van der Waals surface area contributed by atoms with Gasteiger partial charge in [-0.2, -0.15) is 0 Å². The molecule has 0 saturated heterocycles. The van der Waals surface area contributed by atoms with Gasteiger partial charge >= 0.3 is 0 Å². The van der Waals surface area contributed by atoms with Gasteiger partial charge in [0, 0.05) is 29.7 Å². The van der Waals surface area contributed by atoms with E-state index in [2.05, 4.69) is 60.3 Å². The molecule has 1 atom stereocenters. The lowest BCUT2D eigenvalue weighted by Crippen LogP contribution is -2.21. The van der Waals surface area contributed by atoms with Crippen LogP contribution in [0.5, 0.6) is 5.75 Å². The number of hydrogen-bond donors (Lipinski definition) is 1. The Morgan fingerprint density at radius 1 is 1.16 bits per heavy atom. The smallest absolute Gasteiger partial charge is 0.141 e. The Labute approximate surface area is 154 Å². The summed E-state index contributed by atoms with van der Waals surface area (Å²) < 4.78 is 7.49. The molecule has 0 amide bonds. The van der Waals surface area contributed by atoms with Crippen molar-refractivity contribution in [2.75, 3.05) is 7.11 Å². The predicted octanol–water partition coefficient (Wildman–Crippen LogP) is 4.11. The molecule has 1 aliphatic heterocycles. The van der Waals surface area contributed by atoms with Crippen LogP contribution in [0.1, 0.15) is 34.1 Å². The van der Waals surface area contributed by atoms with Gasteiger partial charge in [0.05, 0.1) is 13.2 Å². The molecule has 3 heterocycles. The number of aryl methyl sites for hydroxylation is 2. The third-order valence-electron chi connectivity index (χ3n) is 4.69. The Balaban J connectivity index is 0.00000182. The molecule has 4 nitrogen and oxygen atoms in total. The number of nitrogens with one attached hydrogen (secondary N) is 1. The highest BCUT2D eigenvalue weighted by Gasteiger charge is 2.24. The SMILES string of the molecule is COc1ccc(C2NCc3c(C)cc(C)nc3-n3cccc32)cc1.Cl. The standard InChI is InChI=1S/C20H21N3O.ClH/c1-13-11-14(2)22-20-17(13)12-21-19(18-5-4-10-23(18)20)15-6-8-16(24-3)9-7-15;/h4-11,19,21H,12H2,1-3H3;1H. The summed E-state index contributed by atoms with van der Waals surface area (Å²) in [5.41, 5.74) is 6.01. The molecule has 0 spiro atoms. The van der Waals surface area contributed by atoms with Crippen molar-refractivity contribution in [3.8, 4) is 11.6 Å². The minimum absolute atomic E-state index is 0. The minimum atomic E-state index is 0. The second kappa shape index (κ2) is 6.90. The highest BCUT2D eigenvalue weighted by Crippen LogP contribution is 2.31. The van der Waals surface area contributed by atoms with Crippen molar-refractivity contribution in [3.63, 3.8) is 0 Å². The van der Waals surface area contributed by atoms with Gasteiger partial charge in [0.25, 0.3) is 0 Å². The summed E-state index contributed by atoms with van der Waals surface area (Å²) in [7, 11) is 1.69. The molecule has 4 rings (SSSR count). The van der Waals surface area contributed by atoms with Crippen LogP contribution in [0, 0.1) is 13.8 Å². The predicted molar refractivity (Wildman–Crippen MR) is 102 cm³/mol. The quantitative estimate of drug-likeness (QED) is 0.751. The van der Waals surface area contributed by atoms with Gasteiger partial charge in [0.2, 0.25) is 0 Å². The first-order valence-electron chi connectivity index (χ1n) is 8.19. The normalized spacial score (nSPS) is 15.6. The largest absolute Gasteiger partial charge is 0.497 e. The van der Waals surface area contributed by atoms with E-state index in [1.807, 2.05) is 12.1 Å². The van der Waals surface area contributed by atoms with Gasteiger partial charge < -0.3 is 14.6 Å². The second-order valence-electron chi connectivity index (χ2n) is 6.27. The Hall–Kier alpha value is -2.30. The van der Waals surface area contributed by atoms with Crippen molar-refractivity contribution in [1.82, 2.24) is 14.9 Å². The number of fused-ring (bicyclic) bond motifs is 3. The summed E-state index contributed by atoms with van der Waals surface area (Å²) >= 11 is 0. The third kappa shape index (κ3) is 3.03. The lowest BCUT2D eigenvalue weighted by molar-refractivity contribution is 0.414. The van der Waals surface area contributed by atoms with Gasteiger partial charge in [-0.15, -0.1) is 12.4 Å². The molecule has 2 aromatic heterocycles. The van der Waals surface area contributed by atoms with Crippen LogP contribution in [0.2, 0.25) is 0 Å². The zero-order chi connectivity index (χ0) is 16.7. The number of rotatable bonds is 2. The van der Waals surface area contributed by atoms with Crippen LogP contribution < -0.4 is 10.1 Å². The zero-order valence-electron chi connectivity index (χ0n) is 14.6. The fraction of sp³-hybridized carbons (Fsp3) is 0.250. The molecule has 130 valence electrons. The summed E-state index contributed by atoms with van der Waals surface area (Å²) in [6.45, 7) is 5.01. The van der Waals surface area contributed by atoms with Gasteiger partial charge in [-0.1, -0.05) is 12.1 Å². The third-order valence-corrected chi connectivity index (χ3v) is 4.69. The highest BCUT2D eigenvalue weighted by molar-refractivity contribution is 5.85. The molecular weight excluding hydrogens is 334 g/mol. The molecule has 0 radical (unpaired) electrons. The van der Waals surface area contributed by atoms with E-state index in [4.69, 9.17) is 9.72 Å². The molecule has 3 aromatic rings. The van der Waals surface area contributed by atoms with Crippen molar-refractivity contribution >= 4 is 12.4 Å². The number of aromatic nitrogens is 2. The van der Waals surface area contributed by atoms with Crippen molar-refractivity contribution in [2.45, 2.75) is 26.4 Å². The van der Waals surface area contributed by atoms with Crippen LogP contribution in [0.3, 0.4) is 0 Å². The van der Waals surface area contributed by atoms with Crippen LogP contribution in [-0.2, 0) is 6.54 Å². The molecule has 0 aliphatic carbocycles. The van der Waals surface area contributed by atoms with Gasteiger partial charge in [-0.3, -0.25) is 0 Å². The van der Waals surface area contributed by atoms with Crippen LogP contribution >= 0.6 is 12.4 Å². The number of halogens is 1. The van der Waals surface area contributed by atoms with E-state index >= 15 is 0 Å². The van der Waals surface area contributed by atoms with Gasteiger partial charge in [0.15, 0.2) is 0 Å². The van der Waals surface area contributed by atoms with Gasteiger partial charge in [-0.25, -0.2) is 4.98 Å². The number of nitrogens with zero attached hydrogens (tertiary/aromatic N) is 2. The summed E-state index contributed by atoms with van der Waals surface area (Å²) in [6.07, 6.45) is 2.10. The molecule has 1 unspecified atom stereocenters. The first-order chi connectivity index (χ1) is 11.7. The molecule has 1 aliphatic rings. The van der Waals surface area contributed by atoms with E-state index in [-0.39, 0.29) is 18.4 Å². The molecule has 1 aromatic carbocycles. The van der Waals surface area contributed by atoms with E-state index in [0.717, 1.165) is 23.8 Å². The number of hydrogen-bond acceptors (Lipinski definition) is 3. The summed E-state index contributed by atoms with van der Waals surface area (Å²) in [4.78, 5) is 4.81. The second-order valence-corrected chi connectivity index (χ2v) is 6.27. The summed E-state index contributed by atoms with van der Waals surface area (Å²) in [5.74, 6) is 1.91. The first-order valence-corrected chi connectivity index (χ1v) is 8.19. The van der Waals surface area contributed by atoms with E-state index < -0.39 is 0 Å². The Kier molecular flexibility index (Phi) is 4.84. The van der Waals surface area contributed by atoms with E-state index in [1.165, 1.54) is 22.4 Å². The monoisotopic (exact) mass is 355 g/mol. The topological polar surface area (TPSA) is 39.1 Å². The molecular formula is C20H22ClN3O. The van der Waals surface area contributed by atoms with Crippen LogP contribution in [0.25, 0.3) is 5.82 Å². The van der Waals surface area contributed by atoms with Crippen LogP contribution in [0.15, 0.2) is 48.7 Å². The summed E-state index contributed by atoms with van der Waals surface area (Å²) in [6, 6.07) is 14.8. The van der Waals surface area contributed by atoms with Crippen molar-refractivity contribution in [3.05, 3.63) is 76.7 Å². The Bertz CT molecular complexity index is 886. The number of pyridine rings is 1. The average Bonchev–Trinajstić information content (AvgIpc) is 3.00. The molecule has 25 heavy (non-hydrogen) atoms. The van der Waals surface area contributed by atoms with Gasteiger partial charge in [-0.05, 0) is 55.3 Å². The van der Waals surface area contributed by atoms with E-state index in [0.29, 0.717) is 0 Å². The Morgan fingerprint density at radius 3 is 2.64 bits per heavy atom. The fourth-order valence-electron chi connectivity index (χ4n) is 3.48. The van der Waals surface area contributed by atoms with Crippen molar-refractivity contribution in [2.24, 2.45) is 0 Å². The minimum Gasteiger partial charge on any atom is -0.497 e. The number of benzene rings is 1. The zero-order valence-corrected chi connectivity index (χ0v) is 15.4. The molecule has 0 bridgehead atoms. The maximum atomic E-state index is 5.28. The van der Waals surface area contributed by atoms with Crippen molar-refractivity contribution < 1.29 is 4.74 Å². The highest BCUT2D eigenvalue weighted by atomic mass is 35.5.